The van der Waals surface area contributed by atoms with E-state index in [9.17, 15) is 17.6 Å². The van der Waals surface area contributed by atoms with Crippen molar-refractivity contribution in [3.63, 3.8) is 0 Å². The van der Waals surface area contributed by atoms with Gasteiger partial charge < -0.3 is 10.2 Å². The van der Waals surface area contributed by atoms with Crippen molar-refractivity contribution in [1.29, 1.82) is 0 Å². The first-order chi connectivity index (χ1) is 16.1. The topological polar surface area (TPSA) is 53.9 Å². The summed E-state index contributed by atoms with van der Waals surface area (Å²) in [5.41, 5.74) is 2.04. The minimum Gasteiger partial charge on any atom is -0.356 e. The average Bonchev–Trinajstić information content (AvgIpc) is 3.33. The lowest BCUT2D eigenvalue weighted by molar-refractivity contribution is -0.120. The Bertz CT molecular complexity index is 1290. The maximum Gasteiger partial charge on any atom is 0.405 e. The molecule has 4 aromatic rings. The van der Waals surface area contributed by atoms with E-state index in [2.05, 4.69) is 20.3 Å². The van der Waals surface area contributed by atoms with Crippen molar-refractivity contribution in [2.45, 2.75) is 26.6 Å². The second kappa shape index (κ2) is 9.85. The summed E-state index contributed by atoms with van der Waals surface area (Å²) in [5, 5.41) is 6.72. The summed E-state index contributed by atoms with van der Waals surface area (Å²) in [7, 11) is 0. The second-order valence-corrected chi connectivity index (χ2v) is 9.93. The summed E-state index contributed by atoms with van der Waals surface area (Å²) in [6.45, 7) is 2.37. The lowest BCUT2D eigenvalue weighted by atomic mass is 10.2. The van der Waals surface area contributed by atoms with Gasteiger partial charge in [-0.2, -0.15) is 13.2 Å². The molecule has 0 spiro atoms. The summed E-state index contributed by atoms with van der Waals surface area (Å²) >= 11 is 8.72. The molecule has 0 amide bonds. The van der Waals surface area contributed by atoms with Crippen molar-refractivity contribution in [3.8, 4) is 10.6 Å². The highest BCUT2D eigenvalue weighted by atomic mass is 35.5. The standard InChI is InChI=1S/C22H18ClF4N5S2/c1-12-20(34-13(2)29-12)17-10-33-21(30-17)31-19-6-3-14(8-28-19)9-32(11-22(25,26)27)18-5-4-15(23)7-16(18)24/h3-8,10H,9,11H2,1-2H3,(H,28,30,31). The molecule has 178 valence electrons. The quantitative estimate of drug-likeness (QED) is 0.254. The van der Waals surface area contributed by atoms with Gasteiger partial charge in [-0.1, -0.05) is 17.7 Å². The van der Waals surface area contributed by atoms with Gasteiger partial charge in [-0.25, -0.2) is 19.3 Å². The summed E-state index contributed by atoms with van der Waals surface area (Å²) in [5.74, 6) is -0.337. The van der Waals surface area contributed by atoms with Gasteiger partial charge in [0.15, 0.2) is 5.13 Å². The van der Waals surface area contributed by atoms with Crippen LogP contribution in [0, 0.1) is 19.7 Å². The number of halogens is 5. The Labute approximate surface area is 206 Å². The monoisotopic (exact) mass is 527 g/mol. The number of pyridine rings is 1. The number of nitrogens with zero attached hydrogens (tertiary/aromatic N) is 4. The zero-order chi connectivity index (χ0) is 24.5. The maximum absolute atomic E-state index is 14.3. The molecule has 0 radical (unpaired) electrons. The normalized spacial score (nSPS) is 11.6. The molecule has 3 heterocycles. The van der Waals surface area contributed by atoms with E-state index < -0.39 is 18.5 Å². The van der Waals surface area contributed by atoms with Crippen molar-refractivity contribution in [2.24, 2.45) is 0 Å². The number of anilines is 3. The summed E-state index contributed by atoms with van der Waals surface area (Å²) < 4.78 is 53.7. The van der Waals surface area contributed by atoms with Crippen molar-refractivity contribution in [1.82, 2.24) is 15.0 Å². The van der Waals surface area contributed by atoms with Gasteiger partial charge in [0, 0.05) is 23.1 Å². The van der Waals surface area contributed by atoms with E-state index in [1.54, 1.807) is 23.5 Å². The molecule has 0 aliphatic heterocycles. The zero-order valence-electron chi connectivity index (χ0n) is 18.0. The van der Waals surface area contributed by atoms with Gasteiger partial charge in [-0.15, -0.1) is 22.7 Å². The first-order valence-corrected chi connectivity index (χ1v) is 12.0. The summed E-state index contributed by atoms with van der Waals surface area (Å²) in [6, 6.07) is 6.86. The van der Waals surface area contributed by atoms with Crippen LogP contribution in [0.3, 0.4) is 0 Å². The van der Waals surface area contributed by atoms with Crippen LogP contribution in [0.4, 0.5) is 34.2 Å². The van der Waals surface area contributed by atoms with E-state index in [1.807, 2.05) is 19.2 Å². The summed E-state index contributed by atoms with van der Waals surface area (Å²) in [6.07, 6.45) is -3.07. The van der Waals surface area contributed by atoms with Gasteiger partial charge in [0.2, 0.25) is 0 Å². The van der Waals surface area contributed by atoms with Crippen LogP contribution in [0.1, 0.15) is 16.3 Å². The Kier molecular flexibility index (Phi) is 7.06. The van der Waals surface area contributed by atoms with Gasteiger partial charge in [0.1, 0.15) is 18.2 Å². The van der Waals surface area contributed by atoms with E-state index in [0.717, 1.165) is 32.2 Å². The van der Waals surface area contributed by atoms with Crippen molar-refractivity contribution < 1.29 is 17.6 Å². The highest BCUT2D eigenvalue weighted by Crippen LogP contribution is 2.33. The van der Waals surface area contributed by atoms with Crippen LogP contribution in [0.2, 0.25) is 5.02 Å². The Morgan fingerprint density at radius 2 is 1.91 bits per heavy atom. The van der Waals surface area contributed by atoms with E-state index in [-0.39, 0.29) is 17.3 Å². The molecule has 4 rings (SSSR count). The SMILES string of the molecule is Cc1nc(C)c(-c2csc(Nc3ccc(CN(CC(F)(F)F)c4ccc(Cl)cc4F)cn3)n2)s1. The second-order valence-electron chi connectivity index (χ2n) is 7.43. The molecule has 34 heavy (non-hydrogen) atoms. The lowest BCUT2D eigenvalue weighted by Gasteiger charge is -2.26. The Morgan fingerprint density at radius 1 is 1.12 bits per heavy atom. The fourth-order valence-corrected chi connectivity index (χ4v) is 5.13. The largest absolute Gasteiger partial charge is 0.405 e. The lowest BCUT2D eigenvalue weighted by Crippen LogP contribution is -2.34. The number of benzene rings is 1. The molecule has 0 aliphatic rings. The number of aryl methyl sites for hydroxylation is 2. The van der Waals surface area contributed by atoms with Gasteiger partial charge >= 0.3 is 6.18 Å². The van der Waals surface area contributed by atoms with Gasteiger partial charge in [0.05, 0.1) is 27.0 Å². The number of aromatic nitrogens is 3. The number of hydrogen-bond donors (Lipinski definition) is 1. The van der Waals surface area contributed by atoms with Crippen LogP contribution in [0.5, 0.6) is 0 Å². The van der Waals surface area contributed by atoms with E-state index in [4.69, 9.17) is 11.6 Å². The molecule has 0 unspecified atom stereocenters. The zero-order valence-corrected chi connectivity index (χ0v) is 20.3. The molecule has 1 N–H and O–H groups in total. The molecule has 1 aromatic carbocycles. The van der Waals surface area contributed by atoms with Crippen LogP contribution in [0.25, 0.3) is 10.6 Å². The van der Waals surface area contributed by atoms with Crippen LogP contribution in [-0.2, 0) is 6.54 Å². The fraction of sp³-hybridized carbons (Fsp3) is 0.227. The molecule has 12 heteroatoms. The molecule has 0 atom stereocenters. The number of hydrogen-bond acceptors (Lipinski definition) is 7. The molecule has 5 nitrogen and oxygen atoms in total. The molecule has 0 saturated heterocycles. The first kappa shape index (κ1) is 24.4. The van der Waals surface area contributed by atoms with Gasteiger partial charge in [-0.3, -0.25) is 0 Å². The number of nitrogens with one attached hydrogen (secondary N) is 1. The summed E-state index contributed by atoms with van der Waals surface area (Å²) in [4.78, 5) is 15.2. The molecule has 0 bridgehead atoms. The van der Waals surface area contributed by atoms with Crippen LogP contribution >= 0.6 is 34.3 Å². The highest BCUT2D eigenvalue weighted by molar-refractivity contribution is 7.16. The third-order valence-corrected chi connectivity index (χ3v) is 6.78. The van der Waals surface area contributed by atoms with Crippen LogP contribution in [0.15, 0.2) is 41.9 Å². The van der Waals surface area contributed by atoms with Crippen molar-refractivity contribution in [3.05, 3.63) is 69.0 Å². The van der Waals surface area contributed by atoms with E-state index in [0.29, 0.717) is 16.5 Å². The Morgan fingerprint density at radius 3 is 2.53 bits per heavy atom. The predicted molar refractivity (Wildman–Crippen MR) is 129 cm³/mol. The van der Waals surface area contributed by atoms with E-state index >= 15 is 0 Å². The predicted octanol–water partition coefficient (Wildman–Crippen LogP) is 7.38. The van der Waals surface area contributed by atoms with Gasteiger partial charge in [-0.05, 0) is 43.7 Å². The van der Waals surface area contributed by atoms with E-state index in [1.165, 1.54) is 29.7 Å². The minimum absolute atomic E-state index is 0.108. The van der Waals surface area contributed by atoms with Crippen molar-refractivity contribution in [2.75, 3.05) is 16.8 Å². The molecular formula is C22H18ClF4N5S2. The average molecular weight is 528 g/mol. The molecule has 0 fully saturated rings. The van der Waals surface area contributed by atoms with Crippen LogP contribution in [-0.4, -0.2) is 27.7 Å². The molecule has 0 aliphatic carbocycles. The number of alkyl halides is 3. The maximum atomic E-state index is 14.3. The van der Waals surface area contributed by atoms with Crippen LogP contribution < -0.4 is 10.2 Å². The minimum atomic E-state index is -4.52. The molecule has 3 aromatic heterocycles. The fourth-order valence-electron chi connectivity index (χ4n) is 3.31. The third-order valence-electron chi connectivity index (χ3n) is 4.69. The third kappa shape index (κ3) is 6.02. The first-order valence-electron chi connectivity index (χ1n) is 9.96. The highest BCUT2D eigenvalue weighted by Gasteiger charge is 2.32. The van der Waals surface area contributed by atoms with Gasteiger partial charge in [0.25, 0.3) is 0 Å². The van der Waals surface area contributed by atoms with Crippen molar-refractivity contribution >= 4 is 50.9 Å². The Balaban J connectivity index is 1.48. The number of rotatable bonds is 7. The smallest absolute Gasteiger partial charge is 0.356 e. The number of thiazole rings is 2. The molecular weight excluding hydrogens is 510 g/mol. The Hall–Kier alpha value is -2.76. The molecule has 0 saturated carbocycles.